The van der Waals surface area contributed by atoms with Crippen LogP contribution in [0.2, 0.25) is 0 Å². The Balaban J connectivity index is 2.61. The van der Waals surface area contributed by atoms with Crippen LogP contribution in [-0.2, 0) is 0 Å². The molecule has 0 aliphatic carbocycles. The second-order valence-corrected chi connectivity index (χ2v) is 2.82. The van der Waals surface area contributed by atoms with Crippen LogP contribution in [0, 0.1) is 10.1 Å². The molecule has 2 heterocycles. The molecule has 2 radical (unpaired) electrons. The van der Waals surface area contributed by atoms with E-state index < -0.39 is 4.92 Å². The largest absolute Gasteiger partial charge is 0.313 e. The van der Waals surface area contributed by atoms with E-state index in [1.54, 1.807) is 12.3 Å². The van der Waals surface area contributed by atoms with Gasteiger partial charge in [-0.25, -0.2) is 9.67 Å². The van der Waals surface area contributed by atoms with Gasteiger partial charge in [-0.15, -0.1) is 0 Å². The van der Waals surface area contributed by atoms with E-state index in [0.717, 1.165) is 0 Å². The van der Waals surface area contributed by atoms with Crippen molar-refractivity contribution in [3.8, 4) is 5.82 Å². The fourth-order valence-corrected chi connectivity index (χ4v) is 1.17. The van der Waals surface area contributed by atoms with E-state index in [1.165, 1.54) is 23.1 Å². The fraction of sp³-hybridized carbons (Fsp3) is 0. The highest BCUT2D eigenvalue weighted by molar-refractivity contribution is 6.32. The van der Waals surface area contributed by atoms with Gasteiger partial charge >= 0.3 is 5.69 Å². The van der Waals surface area contributed by atoms with Gasteiger partial charge in [0.05, 0.1) is 4.92 Å². The summed E-state index contributed by atoms with van der Waals surface area (Å²) < 4.78 is 1.32. The molecule has 0 aromatic carbocycles. The standard InChI is InChI=1S/C8H5BN4O2/c9-6-4-7(13(14)15)8(10-5-6)12-3-1-2-11-12/h1-5H. The van der Waals surface area contributed by atoms with Crippen LogP contribution in [0.3, 0.4) is 0 Å². The zero-order valence-electron chi connectivity index (χ0n) is 7.57. The minimum atomic E-state index is -0.541. The minimum absolute atomic E-state index is 0.152. The van der Waals surface area contributed by atoms with Gasteiger partial charge in [0.25, 0.3) is 0 Å². The van der Waals surface area contributed by atoms with Crippen LogP contribution >= 0.6 is 0 Å². The van der Waals surface area contributed by atoms with Crippen molar-refractivity contribution in [2.45, 2.75) is 0 Å². The van der Waals surface area contributed by atoms with Crippen LogP contribution in [0.25, 0.3) is 5.82 Å². The molecule has 0 amide bonds. The van der Waals surface area contributed by atoms with Crippen LogP contribution in [0.4, 0.5) is 5.69 Å². The van der Waals surface area contributed by atoms with Crippen molar-refractivity contribution in [2.75, 3.05) is 0 Å². The van der Waals surface area contributed by atoms with Crippen molar-refractivity contribution in [2.24, 2.45) is 0 Å². The molecule has 0 aliphatic rings. The second kappa shape index (κ2) is 3.53. The summed E-state index contributed by atoms with van der Waals surface area (Å²) in [5.41, 5.74) is 0.0799. The smallest absolute Gasteiger partial charge is 0.258 e. The van der Waals surface area contributed by atoms with Crippen molar-refractivity contribution in [1.82, 2.24) is 14.8 Å². The van der Waals surface area contributed by atoms with E-state index in [9.17, 15) is 10.1 Å². The second-order valence-electron chi connectivity index (χ2n) is 2.82. The molecule has 0 saturated heterocycles. The molecule has 0 N–H and O–H groups in total. The molecule has 0 unspecified atom stereocenters. The predicted molar refractivity (Wildman–Crippen MR) is 53.4 cm³/mol. The zero-order valence-corrected chi connectivity index (χ0v) is 7.57. The molecule has 0 spiro atoms. The number of nitro groups is 1. The lowest BCUT2D eigenvalue weighted by Crippen LogP contribution is -2.10. The zero-order chi connectivity index (χ0) is 10.8. The molecule has 0 aliphatic heterocycles. The summed E-state index contributed by atoms with van der Waals surface area (Å²) in [7, 11) is 5.42. The summed E-state index contributed by atoms with van der Waals surface area (Å²) in [6.07, 6.45) is 4.44. The lowest BCUT2D eigenvalue weighted by Gasteiger charge is -2.02. The van der Waals surface area contributed by atoms with Crippen LogP contribution in [0.15, 0.2) is 30.7 Å². The first-order chi connectivity index (χ1) is 7.18. The first-order valence-corrected chi connectivity index (χ1v) is 4.08. The molecule has 6 nitrogen and oxygen atoms in total. The van der Waals surface area contributed by atoms with E-state index in [4.69, 9.17) is 7.85 Å². The summed E-state index contributed by atoms with van der Waals surface area (Å²) in [6.45, 7) is 0. The summed E-state index contributed by atoms with van der Waals surface area (Å²) in [6, 6.07) is 2.91. The third kappa shape index (κ3) is 1.71. The third-order valence-corrected chi connectivity index (χ3v) is 1.79. The van der Waals surface area contributed by atoms with Crippen molar-refractivity contribution in [3.05, 3.63) is 40.8 Å². The van der Waals surface area contributed by atoms with Gasteiger partial charge in [-0.3, -0.25) is 10.1 Å². The van der Waals surface area contributed by atoms with E-state index in [0.29, 0.717) is 0 Å². The van der Waals surface area contributed by atoms with Crippen LogP contribution in [-0.4, -0.2) is 27.5 Å². The SMILES string of the molecule is [B]c1cnc(-n2cccn2)c([N+](=O)[O-])c1. The summed E-state index contributed by atoms with van der Waals surface area (Å²) in [5.74, 6) is 0.152. The van der Waals surface area contributed by atoms with E-state index in [1.807, 2.05) is 0 Å². The molecule has 0 saturated carbocycles. The first-order valence-electron chi connectivity index (χ1n) is 4.08. The predicted octanol–water partition coefficient (Wildman–Crippen LogP) is -0.0307. The Bertz CT molecular complexity index is 497. The van der Waals surface area contributed by atoms with Gasteiger partial charge in [-0.05, 0) is 6.07 Å². The molecule has 2 aromatic rings. The molecule has 7 heteroatoms. The molecule has 2 aromatic heterocycles. The molecule has 0 bridgehead atoms. The van der Waals surface area contributed by atoms with Gasteiger partial charge in [0.2, 0.25) is 5.82 Å². The number of rotatable bonds is 2. The number of aromatic nitrogens is 3. The monoisotopic (exact) mass is 200 g/mol. The Morgan fingerprint density at radius 2 is 2.33 bits per heavy atom. The van der Waals surface area contributed by atoms with Crippen molar-refractivity contribution < 1.29 is 4.92 Å². The molecule has 72 valence electrons. The van der Waals surface area contributed by atoms with Gasteiger partial charge in [-0.1, -0.05) is 5.46 Å². The van der Waals surface area contributed by atoms with E-state index >= 15 is 0 Å². The first kappa shape index (κ1) is 9.38. The normalized spacial score (nSPS) is 10.1. The lowest BCUT2D eigenvalue weighted by atomic mass is 9.98. The average Bonchev–Trinajstić information content (AvgIpc) is 2.70. The highest BCUT2D eigenvalue weighted by Crippen LogP contribution is 2.16. The van der Waals surface area contributed by atoms with Crippen molar-refractivity contribution >= 4 is 19.0 Å². The maximum atomic E-state index is 10.7. The van der Waals surface area contributed by atoms with Crippen molar-refractivity contribution in [1.29, 1.82) is 0 Å². The summed E-state index contributed by atoms with van der Waals surface area (Å²) in [5, 5.41) is 14.6. The molecule has 0 atom stereocenters. The Kier molecular flexibility index (Phi) is 2.21. The van der Waals surface area contributed by atoms with Crippen LogP contribution in [0.1, 0.15) is 0 Å². The van der Waals surface area contributed by atoms with Gasteiger partial charge in [0.15, 0.2) is 0 Å². The third-order valence-electron chi connectivity index (χ3n) is 1.79. The van der Waals surface area contributed by atoms with Crippen LogP contribution in [0.5, 0.6) is 0 Å². The molecule has 0 fully saturated rings. The van der Waals surface area contributed by atoms with Crippen LogP contribution < -0.4 is 5.46 Å². The van der Waals surface area contributed by atoms with E-state index in [-0.39, 0.29) is 17.0 Å². The highest BCUT2D eigenvalue weighted by Gasteiger charge is 2.16. The number of hydrogen-bond donors (Lipinski definition) is 0. The van der Waals surface area contributed by atoms with Gasteiger partial charge < -0.3 is 0 Å². The van der Waals surface area contributed by atoms with Gasteiger partial charge in [0, 0.05) is 24.7 Å². The maximum Gasteiger partial charge on any atom is 0.313 e. The number of pyridine rings is 1. The molecular weight excluding hydrogens is 195 g/mol. The Morgan fingerprint density at radius 3 is 2.93 bits per heavy atom. The van der Waals surface area contributed by atoms with Gasteiger partial charge in [0.1, 0.15) is 7.85 Å². The maximum absolute atomic E-state index is 10.7. The highest BCUT2D eigenvalue weighted by atomic mass is 16.6. The molecular formula is C8H5BN4O2. The quantitative estimate of drug-likeness (QED) is 0.387. The Hall–Kier alpha value is -2.18. The Morgan fingerprint density at radius 1 is 1.53 bits per heavy atom. The average molecular weight is 200 g/mol. The molecule has 2 rings (SSSR count). The Labute approximate surface area is 86.1 Å². The summed E-state index contributed by atoms with van der Waals surface area (Å²) in [4.78, 5) is 14.1. The minimum Gasteiger partial charge on any atom is -0.258 e. The lowest BCUT2D eigenvalue weighted by molar-refractivity contribution is -0.384. The summed E-state index contributed by atoms with van der Waals surface area (Å²) >= 11 is 0. The fourth-order valence-electron chi connectivity index (χ4n) is 1.17. The van der Waals surface area contributed by atoms with E-state index in [2.05, 4.69) is 10.1 Å². The topological polar surface area (TPSA) is 73.8 Å². The van der Waals surface area contributed by atoms with Gasteiger partial charge in [-0.2, -0.15) is 5.10 Å². The number of hydrogen-bond acceptors (Lipinski definition) is 4. The number of nitrogens with zero attached hydrogens (tertiary/aromatic N) is 4. The van der Waals surface area contributed by atoms with Crippen molar-refractivity contribution in [3.63, 3.8) is 0 Å². The molecule has 15 heavy (non-hydrogen) atoms.